The van der Waals surface area contributed by atoms with E-state index in [-0.39, 0.29) is 11.8 Å². The second-order valence-electron chi connectivity index (χ2n) is 6.12. The third-order valence-corrected chi connectivity index (χ3v) is 4.30. The van der Waals surface area contributed by atoms with Crippen LogP contribution < -0.4 is 10.6 Å². The van der Waals surface area contributed by atoms with Crippen LogP contribution in [-0.2, 0) is 15.3 Å². The average molecular weight is 357 g/mol. The van der Waals surface area contributed by atoms with Crippen molar-refractivity contribution in [1.82, 2.24) is 4.98 Å². The number of thioether (sulfide) groups is 1. The van der Waals surface area contributed by atoms with E-state index in [0.29, 0.717) is 18.1 Å². The highest BCUT2D eigenvalue weighted by molar-refractivity contribution is 7.99. The van der Waals surface area contributed by atoms with Crippen LogP contribution in [-0.4, -0.2) is 22.6 Å². The topological polar surface area (TPSA) is 71.1 Å². The summed E-state index contributed by atoms with van der Waals surface area (Å²) < 4.78 is 0. The molecule has 0 atom stereocenters. The summed E-state index contributed by atoms with van der Waals surface area (Å²) in [5.74, 6) is 1.43. The molecule has 0 unspecified atom stereocenters. The summed E-state index contributed by atoms with van der Waals surface area (Å²) in [5, 5.41) is 5.70. The van der Waals surface area contributed by atoms with Crippen LogP contribution in [0.5, 0.6) is 0 Å². The molecule has 2 amide bonds. The Balaban J connectivity index is 1.74. The number of nitrogens with zero attached hydrogens (tertiary/aromatic N) is 1. The van der Waals surface area contributed by atoms with Gasteiger partial charge in [-0.15, -0.1) is 11.8 Å². The predicted molar refractivity (Wildman–Crippen MR) is 104 cm³/mol. The molecule has 0 saturated carbocycles. The van der Waals surface area contributed by atoms with Gasteiger partial charge in [-0.2, -0.15) is 0 Å². The van der Waals surface area contributed by atoms with Crippen LogP contribution in [0.3, 0.4) is 0 Å². The number of carbonyl (C=O) groups is 2. The van der Waals surface area contributed by atoms with Crippen molar-refractivity contribution in [2.45, 2.75) is 26.0 Å². The van der Waals surface area contributed by atoms with E-state index in [9.17, 15) is 9.59 Å². The van der Waals surface area contributed by atoms with Gasteiger partial charge in [0, 0.05) is 35.9 Å². The number of carbonyl (C=O) groups excluding carboxylic acids is 2. The van der Waals surface area contributed by atoms with E-state index in [0.717, 1.165) is 22.7 Å². The molecular formula is C19H23N3O2S. The van der Waals surface area contributed by atoms with E-state index >= 15 is 0 Å². The maximum absolute atomic E-state index is 12.0. The molecule has 2 N–H and O–H groups in total. The van der Waals surface area contributed by atoms with Gasteiger partial charge in [0.2, 0.25) is 11.8 Å². The van der Waals surface area contributed by atoms with Gasteiger partial charge in [-0.25, -0.2) is 0 Å². The smallest absolute Gasteiger partial charge is 0.234 e. The number of hydrogen-bond donors (Lipinski definition) is 2. The minimum absolute atomic E-state index is 0.000650. The first-order chi connectivity index (χ1) is 12.0. The molecule has 25 heavy (non-hydrogen) atoms. The van der Waals surface area contributed by atoms with E-state index in [2.05, 4.69) is 15.6 Å². The van der Waals surface area contributed by atoms with Gasteiger partial charge in [-0.3, -0.25) is 14.6 Å². The SMILES string of the molecule is CC(C)CC(=O)Nc1ccc(NC(=O)CSCc2ccncc2)cc1. The average Bonchev–Trinajstić information content (AvgIpc) is 2.57. The standard InChI is InChI=1S/C19H23N3O2S/c1-14(2)11-18(23)21-16-3-5-17(6-4-16)22-19(24)13-25-12-15-7-9-20-10-8-15/h3-10,14H,11-13H2,1-2H3,(H,21,23)(H,22,24). The molecular weight excluding hydrogens is 334 g/mol. The Morgan fingerprint density at radius 1 is 0.960 bits per heavy atom. The van der Waals surface area contributed by atoms with Crippen LogP contribution in [0.15, 0.2) is 48.8 Å². The third-order valence-electron chi connectivity index (χ3n) is 3.30. The van der Waals surface area contributed by atoms with Gasteiger partial charge in [-0.1, -0.05) is 13.8 Å². The molecule has 5 nitrogen and oxygen atoms in total. The molecule has 1 heterocycles. The maximum Gasteiger partial charge on any atom is 0.234 e. The monoisotopic (exact) mass is 357 g/mol. The molecule has 132 valence electrons. The van der Waals surface area contributed by atoms with Crippen LogP contribution in [0, 0.1) is 5.92 Å². The summed E-state index contributed by atoms with van der Waals surface area (Å²) in [5.41, 5.74) is 2.60. The number of aromatic nitrogens is 1. The van der Waals surface area contributed by atoms with E-state index < -0.39 is 0 Å². The Hall–Kier alpha value is -2.34. The molecule has 2 aromatic rings. The zero-order valence-corrected chi connectivity index (χ0v) is 15.3. The van der Waals surface area contributed by atoms with Crippen LogP contribution in [0.2, 0.25) is 0 Å². The fourth-order valence-electron chi connectivity index (χ4n) is 2.16. The van der Waals surface area contributed by atoms with Gasteiger partial charge >= 0.3 is 0 Å². The Morgan fingerprint density at radius 3 is 2.08 bits per heavy atom. The second-order valence-corrected chi connectivity index (χ2v) is 7.11. The summed E-state index contributed by atoms with van der Waals surface area (Å²) in [6.07, 6.45) is 3.99. The fourth-order valence-corrected chi connectivity index (χ4v) is 2.95. The van der Waals surface area contributed by atoms with E-state index in [1.807, 2.05) is 26.0 Å². The van der Waals surface area contributed by atoms with Crippen molar-refractivity contribution < 1.29 is 9.59 Å². The van der Waals surface area contributed by atoms with Gasteiger partial charge in [0.1, 0.15) is 0 Å². The van der Waals surface area contributed by atoms with Crippen molar-refractivity contribution in [1.29, 1.82) is 0 Å². The summed E-state index contributed by atoms with van der Waals surface area (Å²) in [4.78, 5) is 27.7. The van der Waals surface area contributed by atoms with Crippen LogP contribution in [0.25, 0.3) is 0 Å². The normalized spacial score (nSPS) is 10.5. The van der Waals surface area contributed by atoms with Crippen molar-refractivity contribution in [2.24, 2.45) is 5.92 Å². The minimum Gasteiger partial charge on any atom is -0.326 e. The molecule has 2 rings (SSSR count). The Labute approximate surface area is 152 Å². The first-order valence-electron chi connectivity index (χ1n) is 8.19. The van der Waals surface area contributed by atoms with E-state index in [4.69, 9.17) is 0 Å². The highest BCUT2D eigenvalue weighted by Gasteiger charge is 2.06. The zero-order chi connectivity index (χ0) is 18.1. The van der Waals surface area contributed by atoms with Gasteiger partial charge in [0.25, 0.3) is 0 Å². The summed E-state index contributed by atoms with van der Waals surface area (Å²) in [6.45, 7) is 4.01. The molecule has 1 aromatic carbocycles. The highest BCUT2D eigenvalue weighted by atomic mass is 32.2. The molecule has 1 aromatic heterocycles. The predicted octanol–water partition coefficient (Wildman–Crippen LogP) is 3.94. The van der Waals surface area contributed by atoms with Crippen LogP contribution in [0.1, 0.15) is 25.8 Å². The summed E-state index contributed by atoms with van der Waals surface area (Å²) >= 11 is 1.55. The van der Waals surface area contributed by atoms with Crippen molar-refractivity contribution in [3.8, 4) is 0 Å². The molecule has 0 saturated heterocycles. The number of anilines is 2. The first kappa shape index (κ1) is 19.0. The van der Waals surface area contributed by atoms with E-state index in [1.165, 1.54) is 0 Å². The second kappa shape index (κ2) is 9.84. The number of benzene rings is 1. The largest absolute Gasteiger partial charge is 0.326 e. The first-order valence-corrected chi connectivity index (χ1v) is 9.35. The number of pyridine rings is 1. The molecule has 0 aliphatic heterocycles. The summed E-state index contributed by atoms with van der Waals surface area (Å²) in [7, 11) is 0. The van der Waals surface area contributed by atoms with Gasteiger partial charge < -0.3 is 10.6 Å². The quantitative estimate of drug-likeness (QED) is 0.751. The van der Waals surface area contributed by atoms with Crippen molar-refractivity contribution >= 4 is 35.0 Å². The lowest BCUT2D eigenvalue weighted by molar-refractivity contribution is -0.117. The van der Waals surface area contributed by atoms with Crippen LogP contribution >= 0.6 is 11.8 Å². The lowest BCUT2D eigenvalue weighted by Crippen LogP contribution is -2.15. The molecule has 0 aliphatic rings. The number of rotatable bonds is 8. The zero-order valence-electron chi connectivity index (χ0n) is 14.5. The Bertz CT molecular complexity index is 688. The maximum atomic E-state index is 12.0. The highest BCUT2D eigenvalue weighted by Crippen LogP contribution is 2.16. The van der Waals surface area contributed by atoms with Crippen LogP contribution in [0.4, 0.5) is 11.4 Å². The van der Waals surface area contributed by atoms with Crippen molar-refractivity contribution in [3.63, 3.8) is 0 Å². The molecule has 0 fully saturated rings. The molecule has 0 spiro atoms. The molecule has 0 aliphatic carbocycles. The van der Waals surface area contributed by atoms with Gasteiger partial charge in [0.15, 0.2) is 0 Å². The Morgan fingerprint density at radius 2 is 1.52 bits per heavy atom. The third kappa shape index (κ3) is 7.39. The van der Waals surface area contributed by atoms with Crippen molar-refractivity contribution in [2.75, 3.05) is 16.4 Å². The molecule has 6 heteroatoms. The minimum atomic E-state index is -0.0457. The number of hydrogen-bond acceptors (Lipinski definition) is 4. The van der Waals surface area contributed by atoms with Gasteiger partial charge in [-0.05, 0) is 47.9 Å². The van der Waals surface area contributed by atoms with Gasteiger partial charge in [0.05, 0.1) is 5.75 Å². The molecule has 0 bridgehead atoms. The lowest BCUT2D eigenvalue weighted by Gasteiger charge is -2.09. The van der Waals surface area contributed by atoms with Crippen molar-refractivity contribution in [3.05, 3.63) is 54.4 Å². The number of amides is 2. The summed E-state index contributed by atoms with van der Waals surface area (Å²) in [6, 6.07) is 11.0. The van der Waals surface area contributed by atoms with E-state index in [1.54, 1.807) is 48.4 Å². The lowest BCUT2D eigenvalue weighted by atomic mass is 10.1. The number of nitrogens with one attached hydrogen (secondary N) is 2. The fraction of sp³-hybridized carbons (Fsp3) is 0.316. The molecule has 0 radical (unpaired) electrons. The Kier molecular flexibility index (Phi) is 7.47.